The molecule has 3 heterocycles. The third kappa shape index (κ3) is 4.88. The first-order chi connectivity index (χ1) is 17.6. The van der Waals surface area contributed by atoms with Crippen molar-refractivity contribution in [2.75, 3.05) is 63.9 Å². The average molecular weight is 494 g/mol. The van der Waals surface area contributed by atoms with Gasteiger partial charge in [0.1, 0.15) is 11.6 Å². The summed E-state index contributed by atoms with van der Waals surface area (Å²) in [4.78, 5) is 16.2. The van der Waals surface area contributed by atoms with Gasteiger partial charge in [-0.3, -0.25) is 4.90 Å². The highest BCUT2D eigenvalue weighted by Crippen LogP contribution is 2.36. The van der Waals surface area contributed by atoms with E-state index in [2.05, 4.69) is 14.7 Å². The first kappa shape index (κ1) is 24.1. The molecular formula is C27H32FN5O3. The molecule has 3 aromatic rings. The van der Waals surface area contributed by atoms with Crippen LogP contribution in [0.5, 0.6) is 17.2 Å². The minimum atomic E-state index is -0.175. The number of halogens is 1. The average Bonchev–Trinajstić information content (AvgIpc) is 2.93. The van der Waals surface area contributed by atoms with Crippen molar-refractivity contribution in [3.8, 4) is 17.2 Å². The number of fused-ring (bicyclic) bond motifs is 1. The van der Waals surface area contributed by atoms with Crippen LogP contribution in [0.2, 0.25) is 0 Å². The molecule has 0 saturated carbocycles. The summed E-state index contributed by atoms with van der Waals surface area (Å²) in [5, 5.41) is 0. The number of benzene rings is 2. The molecule has 2 aliphatic heterocycles. The van der Waals surface area contributed by atoms with Crippen LogP contribution in [0, 0.1) is 5.82 Å². The predicted octanol–water partition coefficient (Wildman–Crippen LogP) is 3.53. The van der Waals surface area contributed by atoms with Crippen LogP contribution in [-0.2, 0) is 19.5 Å². The molecule has 36 heavy (non-hydrogen) atoms. The van der Waals surface area contributed by atoms with Crippen molar-refractivity contribution >= 4 is 11.6 Å². The maximum Gasteiger partial charge on any atom is 0.225 e. The lowest BCUT2D eigenvalue weighted by Crippen LogP contribution is -2.47. The highest BCUT2D eigenvalue weighted by atomic mass is 19.1. The van der Waals surface area contributed by atoms with Crippen molar-refractivity contribution in [2.24, 2.45) is 0 Å². The van der Waals surface area contributed by atoms with Gasteiger partial charge in [0, 0.05) is 75.6 Å². The standard InChI is InChI=1S/C27H32FN5O3/c1-34-24-15-26(36-3)25(35-2)14-19(24)17-31-9-8-22-20(18-31)16-29-27(30-22)33-12-10-32(11-13-33)23-7-5-4-6-21(23)28/h4-7,14-16H,8-13,17-18H2,1-3H3. The van der Waals surface area contributed by atoms with Crippen molar-refractivity contribution in [1.29, 1.82) is 0 Å². The molecule has 1 aromatic heterocycles. The summed E-state index contributed by atoms with van der Waals surface area (Å²) in [5.41, 5.74) is 3.96. The molecule has 2 aliphatic rings. The lowest BCUT2D eigenvalue weighted by Gasteiger charge is -2.36. The molecule has 1 fully saturated rings. The van der Waals surface area contributed by atoms with E-state index >= 15 is 0 Å². The molecule has 8 nitrogen and oxygen atoms in total. The molecule has 0 atom stereocenters. The molecular weight excluding hydrogens is 461 g/mol. The summed E-state index contributed by atoms with van der Waals surface area (Å²) in [5.74, 6) is 2.70. The number of ether oxygens (including phenoxy) is 3. The van der Waals surface area contributed by atoms with Crippen LogP contribution in [0.15, 0.2) is 42.6 Å². The molecule has 0 N–H and O–H groups in total. The third-order valence-corrected chi connectivity index (χ3v) is 6.94. The number of piperazine rings is 1. The van der Waals surface area contributed by atoms with Crippen LogP contribution in [0.25, 0.3) is 0 Å². The van der Waals surface area contributed by atoms with Crippen LogP contribution in [0.3, 0.4) is 0 Å². The van der Waals surface area contributed by atoms with E-state index in [-0.39, 0.29) is 5.82 Å². The summed E-state index contributed by atoms with van der Waals surface area (Å²) in [6.45, 7) is 5.39. The molecule has 0 radical (unpaired) electrons. The van der Waals surface area contributed by atoms with E-state index in [4.69, 9.17) is 24.2 Å². The van der Waals surface area contributed by atoms with Crippen LogP contribution in [-0.4, -0.2) is 68.9 Å². The largest absolute Gasteiger partial charge is 0.496 e. The molecule has 0 bridgehead atoms. The fourth-order valence-electron chi connectivity index (χ4n) is 4.96. The molecule has 0 spiro atoms. The zero-order valence-corrected chi connectivity index (χ0v) is 21.0. The molecule has 0 aliphatic carbocycles. The molecule has 0 amide bonds. The summed E-state index contributed by atoms with van der Waals surface area (Å²) in [7, 11) is 4.93. The fourth-order valence-corrected chi connectivity index (χ4v) is 4.96. The first-order valence-corrected chi connectivity index (χ1v) is 12.2. The molecule has 2 aromatic carbocycles. The van der Waals surface area contributed by atoms with Gasteiger partial charge in [-0.1, -0.05) is 12.1 Å². The number of anilines is 2. The van der Waals surface area contributed by atoms with Gasteiger partial charge in [-0.05, 0) is 18.2 Å². The lowest BCUT2D eigenvalue weighted by atomic mass is 10.1. The van der Waals surface area contributed by atoms with Crippen molar-refractivity contribution in [3.05, 3.63) is 65.2 Å². The van der Waals surface area contributed by atoms with Gasteiger partial charge in [-0.15, -0.1) is 0 Å². The van der Waals surface area contributed by atoms with E-state index in [1.165, 1.54) is 6.07 Å². The Balaban J connectivity index is 1.24. The maximum atomic E-state index is 14.2. The SMILES string of the molecule is COc1cc(OC)c(OC)cc1CN1CCc2nc(N3CCN(c4ccccc4F)CC3)ncc2C1. The monoisotopic (exact) mass is 493 g/mol. The van der Waals surface area contributed by atoms with Gasteiger partial charge in [0.2, 0.25) is 5.95 Å². The maximum absolute atomic E-state index is 14.2. The molecule has 5 rings (SSSR count). The van der Waals surface area contributed by atoms with Crippen molar-refractivity contribution < 1.29 is 18.6 Å². The second-order valence-electron chi connectivity index (χ2n) is 9.05. The number of aromatic nitrogens is 2. The van der Waals surface area contributed by atoms with E-state index in [9.17, 15) is 4.39 Å². The van der Waals surface area contributed by atoms with Crippen LogP contribution >= 0.6 is 0 Å². The van der Waals surface area contributed by atoms with Crippen LogP contribution in [0.4, 0.5) is 16.0 Å². The van der Waals surface area contributed by atoms with Gasteiger partial charge in [0.25, 0.3) is 0 Å². The highest BCUT2D eigenvalue weighted by Gasteiger charge is 2.24. The highest BCUT2D eigenvalue weighted by molar-refractivity contribution is 5.51. The van der Waals surface area contributed by atoms with Crippen molar-refractivity contribution in [1.82, 2.24) is 14.9 Å². The quantitative estimate of drug-likeness (QED) is 0.496. The van der Waals surface area contributed by atoms with Gasteiger partial charge in [-0.25, -0.2) is 14.4 Å². The Morgan fingerprint density at radius 2 is 1.56 bits per heavy atom. The Morgan fingerprint density at radius 1 is 0.861 bits per heavy atom. The van der Waals surface area contributed by atoms with Gasteiger partial charge in [0.05, 0.1) is 32.7 Å². The second-order valence-corrected chi connectivity index (χ2v) is 9.05. The van der Waals surface area contributed by atoms with Crippen molar-refractivity contribution in [3.63, 3.8) is 0 Å². The molecule has 9 heteroatoms. The Hall–Kier alpha value is -3.59. The number of nitrogens with zero attached hydrogens (tertiary/aromatic N) is 5. The minimum Gasteiger partial charge on any atom is -0.496 e. The zero-order chi connectivity index (χ0) is 25.1. The topological polar surface area (TPSA) is 63.2 Å². The van der Waals surface area contributed by atoms with E-state index < -0.39 is 0 Å². The Kier molecular flexibility index (Phi) is 7.09. The van der Waals surface area contributed by atoms with E-state index in [1.807, 2.05) is 30.5 Å². The second kappa shape index (κ2) is 10.6. The summed E-state index contributed by atoms with van der Waals surface area (Å²) in [6.07, 6.45) is 2.81. The molecule has 190 valence electrons. The van der Waals surface area contributed by atoms with Gasteiger partial charge >= 0.3 is 0 Å². The van der Waals surface area contributed by atoms with Crippen molar-refractivity contribution in [2.45, 2.75) is 19.5 Å². The van der Waals surface area contributed by atoms with E-state index in [0.717, 1.165) is 80.8 Å². The van der Waals surface area contributed by atoms with E-state index in [1.54, 1.807) is 27.4 Å². The molecule has 1 saturated heterocycles. The van der Waals surface area contributed by atoms with E-state index in [0.29, 0.717) is 17.2 Å². The zero-order valence-electron chi connectivity index (χ0n) is 21.0. The Bertz CT molecular complexity index is 1220. The van der Waals surface area contributed by atoms with Crippen LogP contribution < -0.4 is 24.0 Å². The fraction of sp³-hybridized carbons (Fsp3) is 0.407. The Labute approximate surface area is 211 Å². The van der Waals surface area contributed by atoms with Gasteiger partial charge in [-0.2, -0.15) is 0 Å². The number of para-hydroxylation sites is 1. The lowest BCUT2D eigenvalue weighted by molar-refractivity contribution is 0.238. The first-order valence-electron chi connectivity index (χ1n) is 12.2. The van der Waals surface area contributed by atoms with Gasteiger partial charge in [0.15, 0.2) is 11.5 Å². The summed E-state index contributed by atoms with van der Waals surface area (Å²) >= 11 is 0. The smallest absolute Gasteiger partial charge is 0.225 e. The number of rotatable bonds is 7. The number of hydrogen-bond acceptors (Lipinski definition) is 8. The predicted molar refractivity (Wildman–Crippen MR) is 137 cm³/mol. The molecule has 0 unspecified atom stereocenters. The number of methoxy groups -OCH3 is 3. The Morgan fingerprint density at radius 3 is 2.28 bits per heavy atom. The van der Waals surface area contributed by atoms with Crippen LogP contribution in [0.1, 0.15) is 16.8 Å². The summed E-state index contributed by atoms with van der Waals surface area (Å²) in [6, 6.07) is 10.8. The third-order valence-electron chi connectivity index (χ3n) is 6.94. The normalized spacial score (nSPS) is 16.0. The van der Waals surface area contributed by atoms with Gasteiger partial charge < -0.3 is 24.0 Å². The number of hydrogen-bond donors (Lipinski definition) is 0. The minimum absolute atomic E-state index is 0.175. The summed E-state index contributed by atoms with van der Waals surface area (Å²) < 4.78 is 30.7.